The van der Waals surface area contributed by atoms with Gasteiger partial charge < -0.3 is 29.4 Å². The van der Waals surface area contributed by atoms with Crippen molar-refractivity contribution in [2.75, 3.05) is 25.0 Å². The number of aromatic nitrogens is 6. The van der Waals surface area contributed by atoms with E-state index in [0.717, 1.165) is 13.0 Å². The maximum Gasteiger partial charge on any atom is 0.256 e. The first-order chi connectivity index (χ1) is 22.6. The highest BCUT2D eigenvalue weighted by Crippen LogP contribution is 2.33. The Labute approximate surface area is 277 Å². The average molecular weight is 663 g/mol. The number of aryl methyl sites for hydroxylation is 2. The van der Waals surface area contributed by atoms with Gasteiger partial charge >= 0.3 is 0 Å². The molecule has 5 rings (SSSR count). The van der Waals surface area contributed by atoms with Crippen LogP contribution in [0.2, 0.25) is 5.02 Å². The number of pyridine rings is 2. The van der Waals surface area contributed by atoms with E-state index in [-0.39, 0.29) is 29.0 Å². The normalized spacial score (nSPS) is 12.4. The van der Waals surface area contributed by atoms with Gasteiger partial charge in [0, 0.05) is 63.6 Å². The highest BCUT2D eigenvalue weighted by atomic mass is 35.5. The lowest BCUT2D eigenvalue weighted by Crippen LogP contribution is -2.34. The van der Waals surface area contributed by atoms with Gasteiger partial charge in [-0.15, -0.1) is 0 Å². The third-order valence-electron chi connectivity index (χ3n) is 8.13. The van der Waals surface area contributed by atoms with Crippen molar-refractivity contribution in [3.63, 3.8) is 0 Å². The number of carbonyl (C=O) groups excluding carboxylic acids is 1. The van der Waals surface area contributed by atoms with Crippen LogP contribution in [-0.4, -0.2) is 59.4 Å². The Morgan fingerprint density at radius 3 is 2.34 bits per heavy atom. The van der Waals surface area contributed by atoms with Gasteiger partial charge in [-0.3, -0.25) is 9.59 Å². The molecule has 0 aliphatic rings. The molecule has 0 aliphatic carbocycles. The fourth-order valence-corrected chi connectivity index (χ4v) is 5.73. The molecule has 47 heavy (non-hydrogen) atoms. The van der Waals surface area contributed by atoms with Gasteiger partial charge in [-0.2, -0.15) is 0 Å². The molecule has 0 unspecified atom stereocenters. The summed E-state index contributed by atoms with van der Waals surface area (Å²) < 4.78 is 20.7. The second kappa shape index (κ2) is 14.9. The van der Waals surface area contributed by atoms with Crippen molar-refractivity contribution >= 4 is 34.4 Å². The number of benzene rings is 1. The minimum Gasteiger partial charge on any atom is -0.394 e. The van der Waals surface area contributed by atoms with Gasteiger partial charge in [0.15, 0.2) is 0 Å². The Morgan fingerprint density at radius 1 is 1.04 bits per heavy atom. The molecule has 11 nitrogen and oxygen atoms in total. The summed E-state index contributed by atoms with van der Waals surface area (Å²) in [6.45, 7) is 7.92. The zero-order chi connectivity index (χ0) is 33.6. The highest BCUT2D eigenvalue weighted by molar-refractivity contribution is 6.30. The molecule has 3 N–H and O–H groups in total. The Bertz CT molecular complexity index is 1870. The molecular formula is C34H40ClFN8O3. The van der Waals surface area contributed by atoms with Crippen molar-refractivity contribution in [3.8, 4) is 0 Å². The van der Waals surface area contributed by atoms with E-state index in [1.54, 1.807) is 47.8 Å². The predicted octanol–water partition coefficient (Wildman–Crippen LogP) is 5.07. The van der Waals surface area contributed by atoms with E-state index >= 15 is 4.39 Å². The van der Waals surface area contributed by atoms with E-state index < -0.39 is 28.6 Å². The number of fused-ring (bicyclic) bond motifs is 1. The average Bonchev–Trinajstić information content (AvgIpc) is 3.76. The van der Waals surface area contributed by atoms with Crippen LogP contribution in [0.3, 0.4) is 0 Å². The highest BCUT2D eigenvalue weighted by Gasteiger charge is 2.29. The van der Waals surface area contributed by atoms with Gasteiger partial charge in [-0.25, -0.2) is 19.3 Å². The second-order valence-corrected chi connectivity index (χ2v) is 13.0. The van der Waals surface area contributed by atoms with Gasteiger partial charge in [0.1, 0.15) is 22.8 Å². The molecule has 0 bridgehead atoms. The first kappa shape index (κ1) is 33.8. The molecule has 248 valence electrons. The topological polar surface area (TPSA) is 132 Å². The van der Waals surface area contributed by atoms with Gasteiger partial charge in [0.25, 0.3) is 5.91 Å². The van der Waals surface area contributed by atoms with Crippen LogP contribution in [0.4, 0.5) is 10.2 Å². The first-order valence-corrected chi connectivity index (χ1v) is 16.0. The van der Waals surface area contributed by atoms with E-state index in [0.29, 0.717) is 48.6 Å². The molecule has 0 fully saturated rings. The van der Waals surface area contributed by atoms with E-state index in [2.05, 4.69) is 20.6 Å². The number of amides is 1. The van der Waals surface area contributed by atoms with Crippen LogP contribution in [-0.2, 0) is 19.5 Å². The Kier molecular flexibility index (Phi) is 10.7. The predicted molar refractivity (Wildman–Crippen MR) is 180 cm³/mol. The third-order valence-corrected chi connectivity index (χ3v) is 8.42. The SMILES string of the molecule is CC(C)(C)[C@@H](CO)n1cc(C(=O)NCCCn2ccnc2)c(=O)c2cc(Cc3cccc(Cl)c3F)c(NCCCn3ccnc3)nc21. The van der Waals surface area contributed by atoms with Gasteiger partial charge in [-0.05, 0) is 41.5 Å². The molecule has 0 radical (unpaired) electrons. The molecule has 4 heterocycles. The smallest absolute Gasteiger partial charge is 0.256 e. The number of nitrogens with zero attached hydrogens (tertiary/aromatic N) is 6. The number of hydrogen-bond acceptors (Lipinski definition) is 7. The summed E-state index contributed by atoms with van der Waals surface area (Å²) >= 11 is 6.10. The number of hydrogen-bond donors (Lipinski definition) is 3. The second-order valence-electron chi connectivity index (χ2n) is 12.6. The zero-order valence-electron chi connectivity index (χ0n) is 26.8. The first-order valence-electron chi connectivity index (χ1n) is 15.6. The fourth-order valence-electron chi connectivity index (χ4n) is 5.53. The van der Waals surface area contributed by atoms with Crippen LogP contribution < -0.4 is 16.1 Å². The lowest BCUT2D eigenvalue weighted by molar-refractivity contribution is 0.0948. The van der Waals surface area contributed by atoms with Crippen molar-refractivity contribution < 1.29 is 14.3 Å². The summed E-state index contributed by atoms with van der Waals surface area (Å²) in [5.74, 6) is -0.599. The van der Waals surface area contributed by atoms with Crippen molar-refractivity contribution in [3.05, 3.63) is 106 Å². The molecule has 13 heteroatoms. The van der Waals surface area contributed by atoms with Crippen molar-refractivity contribution in [1.82, 2.24) is 34.0 Å². The van der Waals surface area contributed by atoms with Crippen LogP contribution >= 0.6 is 11.6 Å². The minimum atomic E-state index is -0.547. The van der Waals surface area contributed by atoms with Crippen molar-refractivity contribution in [2.24, 2.45) is 5.41 Å². The lowest BCUT2D eigenvalue weighted by atomic mass is 9.86. The molecule has 1 amide bonds. The van der Waals surface area contributed by atoms with Gasteiger partial charge in [0.2, 0.25) is 5.43 Å². The molecule has 1 aromatic carbocycles. The number of halogens is 2. The molecule has 0 aliphatic heterocycles. The number of rotatable bonds is 14. The van der Waals surface area contributed by atoms with Crippen LogP contribution in [0.1, 0.15) is 61.1 Å². The van der Waals surface area contributed by atoms with Gasteiger partial charge in [0.05, 0.1) is 35.7 Å². The van der Waals surface area contributed by atoms with E-state index in [9.17, 15) is 14.7 Å². The molecule has 0 spiro atoms. The number of imidazole rings is 2. The summed E-state index contributed by atoms with van der Waals surface area (Å²) in [7, 11) is 0. The zero-order valence-corrected chi connectivity index (χ0v) is 27.5. The third kappa shape index (κ3) is 8.06. The van der Waals surface area contributed by atoms with E-state index in [1.165, 1.54) is 12.3 Å². The summed E-state index contributed by atoms with van der Waals surface area (Å²) in [5.41, 5.74) is 0.201. The molecule has 4 aromatic heterocycles. The fraction of sp³-hybridized carbons (Fsp3) is 0.382. The number of aliphatic hydroxyl groups excluding tert-OH is 1. The van der Waals surface area contributed by atoms with Crippen LogP contribution in [0.5, 0.6) is 0 Å². The van der Waals surface area contributed by atoms with Crippen LogP contribution in [0.25, 0.3) is 11.0 Å². The van der Waals surface area contributed by atoms with Gasteiger partial charge in [-0.1, -0.05) is 44.5 Å². The summed E-state index contributed by atoms with van der Waals surface area (Å²) in [5, 5.41) is 17.0. The number of anilines is 1. The molecule has 0 saturated heterocycles. The number of nitrogens with one attached hydrogen (secondary N) is 2. The van der Waals surface area contributed by atoms with Crippen molar-refractivity contribution in [1.29, 1.82) is 0 Å². The number of carbonyl (C=O) groups is 1. The van der Waals surface area contributed by atoms with E-state index in [1.807, 2.05) is 42.3 Å². The summed E-state index contributed by atoms with van der Waals surface area (Å²) in [4.78, 5) is 40.5. The summed E-state index contributed by atoms with van der Waals surface area (Å²) in [6.07, 6.45) is 13.6. The summed E-state index contributed by atoms with van der Waals surface area (Å²) in [6, 6.07) is 5.95. The number of aliphatic hydroxyl groups is 1. The minimum absolute atomic E-state index is 0.00333. The Hall–Kier alpha value is -4.55. The Balaban J connectivity index is 1.56. The monoisotopic (exact) mass is 662 g/mol. The van der Waals surface area contributed by atoms with Crippen LogP contribution in [0, 0.1) is 11.2 Å². The quantitative estimate of drug-likeness (QED) is 0.141. The molecule has 1 atom stereocenters. The largest absolute Gasteiger partial charge is 0.394 e. The molecule has 5 aromatic rings. The standard InChI is InChI=1S/C34H40ClFN8O3/c1-34(2,3)28(20-45)44-19-26(33(47)40-10-6-14-43-16-12-38-22-43)30(46)25-18-24(17-23-7-4-8-27(35)29(23)36)31(41-32(25)44)39-9-5-13-42-15-11-37-21-42/h4,7-8,11-12,15-16,18-19,21-22,28,45H,5-6,9-10,13-14,17,20H2,1-3H3,(H,39,41)(H,40,47)/t28-/m1/s1. The van der Waals surface area contributed by atoms with E-state index in [4.69, 9.17) is 16.6 Å². The Morgan fingerprint density at radius 2 is 1.72 bits per heavy atom. The maximum absolute atomic E-state index is 15.1. The molecule has 0 saturated carbocycles. The van der Waals surface area contributed by atoms with Crippen molar-refractivity contribution in [2.45, 2.75) is 59.2 Å². The molecular weight excluding hydrogens is 623 g/mol. The maximum atomic E-state index is 15.1. The lowest BCUT2D eigenvalue weighted by Gasteiger charge is -2.32. The van der Waals surface area contributed by atoms with Crippen LogP contribution in [0.15, 0.2) is 72.7 Å².